The van der Waals surface area contributed by atoms with Crippen LogP contribution in [0.2, 0.25) is 0 Å². The van der Waals surface area contributed by atoms with E-state index in [2.05, 4.69) is 33.2 Å². The van der Waals surface area contributed by atoms with Crippen LogP contribution in [0, 0.1) is 24.7 Å². The molecule has 0 bridgehead atoms. The van der Waals surface area contributed by atoms with Gasteiger partial charge in [0, 0.05) is 43.6 Å². The average molecular weight is 545 g/mol. The number of carbonyl (C=O) groups excluding carboxylic acids is 1. The SMILES string of the molecule is Cc1c(OCc2cnco2)ccc2c1CCN(C[C@@H](O)CNC(=O)c1ccnc(CC3CCC3C3CCC3)c1)C2. The molecule has 2 unspecified atom stereocenters. The topological polar surface area (TPSA) is 101 Å². The summed E-state index contributed by atoms with van der Waals surface area (Å²) in [7, 11) is 0. The number of aromatic nitrogens is 2. The van der Waals surface area contributed by atoms with Gasteiger partial charge in [0.1, 0.15) is 12.4 Å². The number of benzene rings is 1. The van der Waals surface area contributed by atoms with Crippen molar-refractivity contribution in [2.45, 2.75) is 71.1 Å². The van der Waals surface area contributed by atoms with E-state index in [4.69, 9.17) is 9.15 Å². The molecule has 1 aliphatic heterocycles. The number of carbonyl (C=O) groups is 1. The van der Waals surface area contributed by atoms with Crippen LogP contribution in [0.3, 0.4) is 0 Å². The van der Waals surface area contributed by atoms with Gasteiger partial charge in [0.05, 0.1) is 12.3 Å². The molecular formula is C32H40N4O4. The second-order valence-corrected chi connectivity index (χ2v) is 11.9. The summed E-state index contributed by atoms with van der Waals surface area (Å²) in [5, 5.41) is 13.7. The van der Waals surface area contributed by atoms with Crippen LogP contribution < -0.4 is 10.1 Å². The molecule has 3 aliphatic rings. The van der Waals surface area contributed by atoms with Crippen LogP contribution in [0.1, 0.15) is 70.6 Å². The zero-order chi connectivity index (χ0) is 27.5. The molecule has 6 rings (SSSR count). The number of aliphatic hydroxyl groups excluding tert-OH is 1. The number of rotatable bonds is 11. The van der Waals surface area contributed by atoms with Crippen LogP contribution in [0.15, 0.2) is 47.5 Å². The maximum absolute atomic E-state index is 12.9. The molecule has 2 aliphatic carbocycles. The summed E-state index contributed by atoms with van der Waals surface area (Å²) in [6.07, 6.45) is 12.8. The third kappa shape index (κ3) is 6.08. The zero-order valence-electron chi connectivity index (χ0n) is 23.3. The Balaban J connectivity index is 0.967. The number of pyridine rings is 1. The van der Waals surface area contributed by atoms with Crippen molar-refractivity contribution >= 4 is 5.91 Å². The molecule has 212 valence electrons. The Kier molecular flexibility index (Phi) is 8.16. The van der Waals surface area contributed by atoms with E-state index in [-0.39, 0.29) is 12.5 Å². The Morgan fingerprint density at radius 3 is 2.90 bits per heavy atom. The summed E-state index contributed by atoms with van der Waals surface area (Å²) in [5.74, 6) is 3.90. The Labute approximate surface area is 236 Å². The Hall–Kier alpha value is -3.23. The smallest absolute Gasteiger partial charge is 0.251 e. The van der Waals surface area contributed by atoms with Crippen molar-refractivity contribution in [3.8, 4) is 5.75 Å². The van der Waals surface area contributed by atoms with Gasteiger partial charge in [-0.05, 0) is 85.3 Å². The first kappa shape index (κ1) is 27.0. The predicted molar refractivity (Wildman–Crippen MR) is 151 cm³/mol. The number of fused-ring (bicyclic) bond motifs is 1. The Morgan fingerprint density at radius 1 is 1.25 bits per heavy atom. The molecule has 2 aromatic heterocycles. The molecule has 3 aromatic rings. The van der Waals surface area contributed by atoms with Crippen molar-refractivity contribution < 1.29 is 19.1 Å². The largest absolute Gasteiger partial charge is 0.485 e. The molecule has 1 amide bonds. The lowest BCUT2D eigenvalue weighted by molar-refractivity contribution is 0.0556. The number of amides is 1. The summed E-state index contributed by atoms with van der Waals surface area (Å²) in [5.41, 5.74) is 5.35. The molecule has 0 radical (unpaired) electrons. The van der Waals surface area contributed by atoms with Crippen molar-refractivity contribution in [1.82, 2.24) is 20.2 Å². The standard InChI is InChI=1S/C32H40N4O4/c1-21-29-10-12-36(17-25(29)6-8-31(21)39-19-28-16-33-20-40-28)18-27(37)15-35-32(38)24-9-11-34-26(14-24)13-23-5-7-30(23)22-3-2-4-22/h6,8-9,11,14,16,20,22-23,27,30,37H,2-5,7,10,12-13,15,17-19H2,1H3,(H,35,38)/t23?,27-,30?/m0/s1. The quantitative estimate of drug-likeness (QED) is 0.367. The van der Waals surface area contributed by atoms with E-state index in [1.165, 1.54) is 49.6 Å². The van der Waals surface area contributed by atoms with E-state index >= 15 is 0 Å². The van der Waals surface area contributed by atoms with E-state index in [1.54, 1.807) is 18.5 Å². The first-order valence-corrected chi connectivity index (χ1v) is 14.8. The highest BCUT2D eigenvalue weighted by atomic mass is 16.5. The number of ether oxygens (including phenoxy) is 1. The highest BCUT2D eigenvalue weighted by Crippen LogP contribution is 2.48. The number of hydrogen-bond donors (Lipinski definition) is 2. The summed E-state index contributed by atoms with van der Waals surface area (Å²) < 4.78 is 11.2. The van der Waals surface area contributed by atoms with Gasteiger partial charge in [-0.25, -0.2) is 4.98 Å². The van der Waals surface area contributed by atoms with Crippen LogP contribution in [-0.2, 0) is 26.0 Å². The molecule has 8 heteroatoms. The summed E-state index contributed by atoms with van der Waals surface area (Å²) in [6.45, 7) is 4.79. The highest BCUT2D eigenvalue weighted by Gasteiger charge is 2.39. The van der Waals surface area contributed by atoms with Gasteiger partial charge in [-0.2, -0.15) is 0 Å². The van der Waals surface area contributed by atoms with Gasteiger partial charge < -0.3 is 19.6 Å². The first-order chi connectivity index (χ1) is 19.5. The summed E-state index contributed by atoms with van der Waals surface area (Å²) in [4.78, 5) is 23.6. The molecule has 40 heavy (non-hydrogen) atoms. The number of hydrogen-bond acceptors (Lipinski definition) is 7. The monoisotopic (exact) mass is 544 g/mol. The van der Waals surface area contributed by atoms with Crippen molar-refractivity contribution in [2.24, 2.45) is 17.8 Å². The van der Waals surface area contributed by atoms with E-state index < -0.39 is 6.10 Å². The van der Waals surface area contributed by atoms with Gasteiger partial charge in [-0.3, -0.25) is 14.7 Å². The minimum absolute atomic E-state index is 0.149. The summed E-state index contributed by atoms with van der Waals surface area (Å²) in [6, 6.07) is 7.82. The van der Waals surface area contributed by atoms with Gasteiger partial charge in [0.2, 0.25) is 0 Å². The molecule has 2 fully saturated rings. The number of nitrogens with one attached hydrogen (secondary N) is 1. The van der Waals surface area contributed by atoms with E-state index in [0.717, 1.165) is 60.7 Å². The lowest BCUT2D eigenvalue weighted by Gasteiger charge is -2.46. The predicted octanol–water partition coefficient (Wildman–Crippen LogP) is 4.47. The van der Waals surface area contributed by atoms with E-state index in [0.29, 0.717) is 24.5 Å². The Bertz CT molecular complexity index is 1310. The van der Waals surface area contributed by atoms with Crippen molar-refractivity contribution in [1.29, 1.82) is 0 Å². The van der Waals surface area contributed by atoms with Gasteiger partial charge >= 0.3 is 0 Å². The Morgan fingerprint density at radius 2 is 2.15 bits per heavy atom. The number of nitrogens with zero attached hydrogens (tertiary/aromatic N) is 3. The number of oxazole rings is 1. The first-order valence-electron chi connectivity index (χ1n) is 14.8. The normalized spacial score (nSPS) is 21.6. The lowest BCUT2D eigenvalue weighted by atomic mass is 9.60. The lowest BCUT2D eigenvalue weighted by Crippen LogP contribution is -2.42. The molecule has 1 aromatic carbocycles. The van der Waals surface area contributed by atoms with Crippen LogP contribution in [0.4, 0.5) is 0 Å². The number of aliphatic hydroxyl groups is 1. The maximum Gasteiger partial charge on any atom is 0.251 e. The van der Waals surface area contributed by atoms with Gasteiger partial charge in [0.15, 0.2) is 12.2 Å². The van der Waals surface area contributed by atoms with Gasteiger partial charge in [0.25, 0.3) is 5.91 Å². The highest BCUT2D eigenvalue weighted by molar-refractivity contribution is 5.94. The molecule has 0 spiro atoms. The average Bonchev–Trinajstić information content (AvgIpc) is 3.45. The van der Waals surface area contributed by atoms with Gasteiger partial charge in [-0.15, -0.1) is 0 Å². The van der Waals surface area contributed by atoms with Crippen LogP contribution >= 0.6 is 0 Å². The van der Waals surface area contributed by atoms with Gasteiger partial charge in [-0.1, -0.05) is 25.3 Å². The number of β-amino-alcohol motifs (C(OH)–C–C–N with tert-alkyl or cyclic N) is 1. The van der Waals surface area contributed by atoms with Crippen molar-refractivity contribution in [3.63, 3.8) is 0 Å². The molecule has 3 atom stereocenters. The van der Waals surface area contributed by atoms with Crippen molar-refractivity contribution in [3.05, 3.63) is 76.8 Å². The fraction of sp³-hybridized carbons (Fsp3) is 0.531. The fourth-order valence-corrected chi connectivity index (χ4v) is 6.66. The van der Waals surface area contributed by atoms with Crippen molar-refractivity contribution in [2.75, 3.05) is 19.6 Å². The van der Waals surface area contributed by atoms with Crippen LogP contribution in [-0.4, -0.2) is 51.6 Å². The molecule has 8 nitrogen and oxygen atoms in total. The van der Waals surface area contributed by atoms with Crippen LogP contribution in [0.25, 0.3) is 0 Å². The van der Waals surface area contributed by atoms with E-state index in [1.807, 2.05) is 12.1 Å². The maximum atomic E-state index is 12.9. The third-order valence-corrected chi connectivity index (χ3v) is 9.32. The van der Waals surface area contributed by atoms with E-state index in [9.17, 15) is 9.90 Å². The minimum Gasteiger partial charge on any atom is -0.485 e. The molecule has 3 heterocycles. The summed E-state index contributed by atoms with van der Waals surface area (Å²) >= 11 is 0. The fourth-order valence-electron chi connectivity index (χ4n) is 6.66. The molecular weight excluding hydrogens is 504 g/mol. The molecule has 2 saturated carbocycles. The second-order valence-electron chi connectivity index (χ2n) is 11.9. The molecule has 2 N–H and O–H groups in total. The third-order valence-electron chi connectivity index (χ3n) is 9.32. The van der Waals surface area contributed by atoms with Crippen LogP contribution in [0.5, 0.6) is 5.75 Å². The molecule has 0 saturated heterocycles. The minimum atomic E-state index is -0.643. The zero-order valence-corrected chi connectivity index (χ0v) is 23.3. The second kappa shape index (κ2) is 12.1.